The Hall–Kier alpha value is -2.25. The summed E-state index contributed by atoms with van der Waals surface area (Å²) in [7, 11) is 1.46. The molecule has 2 aromatic rings. The van der Waals surface area contributed by atoms with Gasteiger partial charge in [-0.2, -0.15) is 4.68 Å². The van der Waals surface area contributed by atoms with Crippen molar-refractivity contribution in [3.63, 3.8) is 0 Å². The van der Waals surface area contributed by atoms with Gasteiger partial charge in [0.15, 0.2) is 11.3 Å². The number of carbonyl (C=O) groups is 1. The van der Waals surface area contributed by atoms with Crippen molar-refractivity contribution in [1.29, 1.82) is 0 Å². The Morgan fingerprint density at radius 2 is 2.17 bits per heavy atom. The minimum atomic E-state index is -1.21. The fraction of sp³-hybridized carbons (Fsp3) is 0.500. The Morgan fingerprint density at radius 3 is 2.78 bits per heavy atom. The Morgan fingerprint density at radius 1 is 1.44 bits per heavy atom. The predicted octanol–water partition coefficient (Wildman–Crippen LogP) is -0.136. The lowest BCUT2D eigenvalue weighted by Gasteiger charge is -1.99. The lowest BCUT2D eigenvalue weighted by molar-refractivity contribution is 0.0692. The third-order valence-corrected chi connectivity index (χ3v) is 2.62. The minimum absolute atomic E-state index is 0.00305. The van der Waals surface area contributed by atoms with E-state index in [1.165, 1.54) is 11.4 Å². The Kier molecular flexibility index (Phi) is 3.09. The number of imidazole rings is 1. The maximum absolute atomic E-state index is 11.9. The van der Waals surface area contributed by atoms with E-state index in [0.717, 1.165) is 17.5 Å². The van der Waals surface area contributed by atoms with Crippen LogP contribution in [0.4, 0.5) is 0 Å². The van der Waals surface area contributed by atoms with Crippen LogP contribution in [-0.4, -0.2) is 35.5 Å². The molecule has 0 saturated carbocycles. The van der Waals surface area contributed by atoms with Crippen LogP contribution in [0.3, 0.4) is 0 Å². The SMILES string of the molecule is CCCCc1nc(C(=O)O)c2nnn(C)c(=O)n12. The van der Waals surface area contributed by atoms with Crippen LogP contribution in [0.15, 0.2) is 4.79 Å². The number of rotatable bonds is 4. The first-order valence-electron chi connectivity index (χ1n) is 5.60. The standard InChI is InChI=1S/C10H13N5O3/c1-3-4-5-6-11-7(9(16)17)8-12-13-14(2)10(18)15(6)8/h3-5H2,1-2H3,(H,16,17). The molecule has 2 aromatic heterocycles. The molecule has 0 spiro atoms. The van der Waals surface area contributed by atoms with E-state index in [-0.39, 0.29) is 11.3 Å². The van der Waals surface area contributed by atoms with Crippen LogP contribution in [0.1, 0.15) is 36.1 Å². The van der Waals surface area contributed by atoms with E-state index in [4.69, 9.17) is 5.11 Å². The van der Waals surface area contributed by atoms with Gasteiger partial charge in [-0.15, -0.1) is 5.10 Å². The number of aryl methyl sites for hydroxylation is 2. The van der Waals surface area contributed by atoms with Gasteiger partial charge in [-0.1, -0.05) is 18.6 Å². The summed E-state index contributed by atoms with van der Waals surface area (Å²) in [6, 6.07) is 0. The van der Waals surface area contributed by atoms with Crippen LogP contribution in [0.2, 0.25) is 0 Å². The van der Waals surface area contributed by atoms with Crippen LogP contribution < -0.4 is 5.69 Å². The molecule has 0 aromatic carbocycles. The lowest BCUT2D eigenvalue weighted by atomic mass is 10.2. The van der Waals surface area contributed by atoms with Gasteiger partial charge >= 0.3 is 11.7 Å². The van der Waals surface area contributed by atoms with E-state index >= 15 is 0 Å². The molecule has 0 aliphatic carbocycles. The van der Waals surface area contributed by atoms with Gasteiger partial charge < -0.3 is 5.11 Å². The van der Waals surface area contributed by atoms with E-state index < -0.39 is 11.7 Å². The topological polar surface area (TPSA) is 102 Å². The molecule has 0 unspecified atom stereocenters. The molecule has 1 N–H and O–H groups in total. The van der Waals surface area contributed by atoms with Crippen LogP contribution >= 0.6 is 0 Å². The van der Waals surface area contributed by atoms with Crippen molar-refractivity contribution in [1.82, 2.24) is 24.4 Å². The quantitative estimate of drug-likeness (QED) is 0.811. The van der Waals surface area contributed by atoms with Crippen molar-refractivity contribution < 1.29 is 9.90 Å². The zero-order valence-corrected chi connectivity index (χ0v) is 10.1. The zero-order valence-electron chi connectivity index (χ0n) is 10.1. The summed E-state index contributed by atoms with van der Waals surface area (Å²) >= 11 is 0. The Balaban J connectivity index is 2.73. The molecule has 96 valence electrons. The van der Waals surface area contributed by atoms with Gasteiger partial charge in [-0.3, -0.25) is 0 Å². The lowest BCUT2D eigenvalue weighted by Crippen LogP contribution is -2.28. The summed E-state index contributed by atoms with van der Waals surface area (Å²) in [5, 5.41) is 16.3. The third-order valence-electron chi connectivity index (χ3n) is 2.62. The van der Waals surface area contributed by atoms with E-state index in [9.17, 15) is 9.59 Å². The van der Waals surface area contributed by atoms with Crippen molar-refractivity contribution in [2.24, 2.45) is 7.05 Å². The number of hydrogen-bond donors (Lipinski definition) is 1. The fourth-order valence-electron chi connectivity index (χ4n) is 1.69. The summed E-state index contributed by atoms with van der Waals surface area (Å²) in [5.41, 5.74) is -0.672. The molecule has 0 radical (unpaired) electrons. The molecule has 0 bridgehead atoms. The van der Waals surface area contributed by atoms with Gasteiger partial charge in [0.1, 0.15) is 5.82 Å². The largest absolute Gasteiger partial charge is 0.476 e. The molecule has 0 aliphatic heterocycles. The number of unbranched alkanes of at least 4 members (excludes halogenated alkanes) is 1. The summed E-state index contributed by atoms with van der Waals surface area (Å²) in [5.74, 6) is -0.794. The average Bonchev–Trinajstić information content (AvgIpc) is 2.71. The molecule has 18 heavy (non-hydrogen) atoms. The maximum Gasteiger partial charge on any atom is 0.358 e. The second-order valence-corrected chi connectivity index (χ2v) is 3.94. The fourth-order valence-corrected chi connectivity index (χ4v) is 1.69. The molecule has 0 fully saturated rings. The normalized spacial score (nSPS) is 11.0. The highest BCUT2D eigenvalue weighted by Crippen LogP contribution is 2.10. The van der Waals surface area contributed by atoms with Crippen LogP contribution in [0, 0.1) is 0 Å². The molecule has 0 saturated heterocycles. The summed E-state index contributed by atoms with van der Waals surface area (Å²) < 4.78 is 2.27. The van der Waals surface area contributed by atoms with Crippen molar-refractivity contribution in [2.75, 3.05) is 0 Å². The summed E-state index contributed by atoms with van der Waals surface area (Å²) in [6.07, 6.45) is 2.28. The van der Waals surface area contributed by atoms with E-state index in [0.29, 0.717) is 12.2 Å². The summed E-state index contributed by atoms with van der Waals surface area (Å²) in [6.45, 7) is 2.01. The second kappa shape index (κ2) is 4.55. The number of aromatic carboxylic acids is 1. The minimum Gasteiger partial charge on any atom is -0.476 e. The number of nitrogens with zero attached hydrogens (tertiary/aromatic N) is 5. The van der Waals surface area contributed by atoms with Crippen molar-refractivity contribution >= 4 is 11.6 Å². The molecule has 0 atom stereocenters. The number of fused-ring (bicyclic) bond motifs is 1. The predicted molar refractivity (Wildman–Crippen MR) is 61.6 cm³/mol. The first kappa shape index (κ1) is 12.2. The first-order valence-corrected chi connectivity index (χ1v) is 5.60. The van der Waals surface area contributed by atoms with Crippen LogP contribution in [0.5, 0.6) is 0 Å². The number of carboxylic acids is 1. The maximum atomic E-state index is 11.9. The molecule has 8 heteroatoms. The van der Waals surface area contributed by atoms with Crippen molar-refractivity contribution in [3.8, 4) is 0 Å². The van der Waals surface area contributed by atoms with E-state index in [1.807, 2.05) is 6.92 Å². The molecule has 2 rings (SSSR count). The van der Waals surface area contributed by atoms with Gasteiger partial charge in [0.25, 0.3) is 0 Å². The van der Waals surface area contributed by atoms with Gasteiger partial charge in [-0.25, -0.2) is 19.0 Å². The van der Waals surface area contributed by atoms with Crippen LogP contribution in [-0.2, 0) is 13.5 Å². The van der Waals surface area contributed by atoms with Gasteiger partial charge in [0, 0.05) is 13.5 Å². The highest BCUT2D eigenvalue weighted by atomic mass is 16.4. The highest BCUT2D eigenvalue weighted by Gasteiger charge is 2.20. The zero-order chi connectivity index (χ0) is 13.3. The number of aromatic nitrogens is 5. The monoisotopic (exact) mass is 251 g/mol. The van der Waals surface area contributed by atoms with Crippen molar-refractivity contribution in [3.05, 3.63) is 22.0 Å². The van der Waals surface area contributed by atoms with Crippen LogP contribution in [0.25, 0.3) is 5.65 Å². The smallest absolute Gasteiger partial charge is 0.358 e. The number of carboxylic acid groups (broad SMARTS) is 1. The molecule has 8 nitrogen and oxygen atoms in total. The highest BCUT2D eigenvalue weighted by molar-refractivity contribution is 5.92. The first-order chi connectivity index (χ1) is 8.56. The van der Waals surface area contributed by atoms with Gasteiger partial charge in [-0.05, 0) is 6.42 Å². The van der Waals surface area contributed by atoms with Gasteiger partial charge in [0.05, 0.1) is 0 Å². The second-order valence-electron chi connectivity index (χ2n) is 3.94. The van der Waals surface area contributed by atoms with Crippen molar-refractivity contribution in [2.45, 2.75) is 26.2 Å². The van der Waals surface area contributed by atoms with Gasteiger partial charge in [0.2, 0.25) is 0 Å². The summed E-state index contributed by atoms with van der Waals surface area (Å²) in [4.78, 5) is 27.0. The molecular formula is C10H13N5O3. The average molecular weight is 251 g/mol. The van der Waals surface area contributed by atoms with E-state index in [1.54, 1.807) is 0 Å². The van der Waals surface area contributed by atoms with E-state index in [2.05, 4.69) is 15.3 Å². The molecule has 0 amide bonds. The molecule has 0 aliphatic rings. The third kappa shape index (κ3) is 1.85. The Labute approximate surface area is 102 Å². The molecular weight excluding hydrogens is 238 g/mol. The molecule has 2 heterocycles. The number of hydrogen-bond acceptors (Lipinski definition) is 5. The Bertz CT molecular complexity index is 657.